The molecule has 2 amide bonds. The number of hydrogen-bond donors (Lipinski definition) is 1. The third-order valence-corrected chi connectivity index (χ3v) is 4.01. The Hall–Kier alpha value is -2.37. The minimum Gasteiger partial charge on any atom is -0.343 e. The third-order valence-electron chi connectivity index (χ3n) is 4.01. The number of rotatable bonds is 2. The molecule has 1 aliphatic rings. The molecule has 0 radical (unpaired) electrons. The lowest BCUT2D eigenvalue weighted by molar-refractivity contribution is -0.148. The first-order valence-corrected chi connectivity index (χ1v) is 7.00. The van der Waals surface area contributed by atoms with E-state index in [9.17, 15) is 9.59 Å². The number of hydrogen-bond acceptors (Lipinski definition) is 3. The summed E-state index contributed by atoms with van der Waals surface area (Å²) in [6.45, 7) is 3.79. The van der Waals surface area contributed by atoms with E-state index in [1.54, 1.807) is 23.4 Å². The highest BCUT2D eigenvalue weighted by molar-refractivity contribution is 5.96. The van der Waals surface area contributed by atoms with Crippen molar-refractivity contribution in [1.82, 2.24) is 20.0 Å². The third kappa shape index (κ3) is 2.16. The normalized spacial score (nSPS) is 22.7. The van der Waals surface area contributed by atoms with Crippen molar-refractivity contribution in [2.24, 2.45) is 7.05 Å². The molecular formula is C15H18N4O2. The van der Waals surface area contributed by atoms with Gasteiger partial charge in [0.25, 0.3) is 0 Å². The number of aromatic nitrogens is 2. The molecule has 21 heavy (non-hydrogen) atoms. The van der Waals surface area contributed by atoms with Gasteiger partial charge in [-0.25, -0.2) is 0 Å². The van der Waals surface area contributed by atoms with E-state index < -0.39 is 12.1 Å². The number of amides is 2. The fourth-order valence-electron chi connectivity index (χ4n) is 2.76. The first-order chi connectivity index (χ1) is 9.99. The van der Waals surface area contributed by atoms with E-state index in [2.05, 4.69) is 10.4 Å². The Morgan fingerprint density at radius 2 is 1.95 bits per heavy atom. The summed E-state index contributed by atoms with van der Waals surface area (Å²) < 4.78 is 1.80. The molecule has 2 aromatic rings. The SMILES string of the molecule is CC1NC(=O)C(C)N(Cc2nn(C)c3ccccc23)C1=O. The van der Waals surface area contributed by atoms with Crippen LogP contribution in [-0.4, -0.2) is 38.6 Å². The van der Waals surface area contributed by atoms with E-state index in [1.165, 1.54) is 0 Å². The van der Waals surface area contributed by atoms with E-state index in [1.807, 2.05) is 31.3 Å². The maximum absolute atomic E-state index is 12.3. The van der Waals surface area contributed by atoms with Crippen LogP contribution in [0.2, 0.25) is 0 Å². The first kappa shape index (κ1) is 13.6. The number of para-hydroxylation sites is 1. The smallest absolute Gasteiger partial charge is 0.245 e. The minimum absolute atomic E-state index is 0.0724. The van der Waals surface area contributed by atoms with Crippen LogP contribution in [0.25, 0.3) is 10.9 Å². The van der Waals surface area contributed by atoms with Crippen molar-refractivity contribution in [3.63, 3.8) is 0 Å². The largest absolute Gasteiger partial charge is 0.343 e. The van der Waals surface area contributed by atoms with E-state index in [0.29, 0.717) is 6.54 Å². The molecule has 2 unspecified atom stereocenters. The molecule has 0 aliphatic carbocycles. The van der Waals surface area contributed by atoms with Crippen molar-refractivity contribution < 1.29 is 9.59 Å². The quantitative estimate of drug-likeness (QED) is 0.888. The van der Waals surface area contributed by atoms with Crippen LogP contribution < -0.4 is 5.32 Å². The van der Waals surface area contributed by atoms with Crippen molar-refractivity contribution in [1.29, 1.82) is 0 Å². The molecule has 1 aromatic heterocycles. The average Bonchev–Trinajstić information content (AvgIpc) is 2.79. The van der Waals surface area contributed by atoms with Gasteiger partial charge in [-0.2, -0.15) is 5.10 Å². The summed E-state index contributed by atoms with van der Waals surface area (Å²) in [4.78, 5) is 25.8. The summed E-state index contributed by atoms with van der Waals surface area (Å²) in [7, 11) is 1.88. The number of fused-ring (bicyclic) bond motifs is 1. The number of nitrogens with zero attached hydrogens (tertiary/aromatic N) is 3. The van der Waals surface area contributed by atoms with Gasteiger partial charge in [0.15, 0.2) is 0 Å². The Morgan fingerprint density at radius 1 is 1.24 bits per heavy atom. The van der Waals surface area contributed by atoms with Gasteiger partial charge >= 0.3 is 0 Å². The van der Waals surface area contributed by atoms with E-state index in [-0.39, 0.29) is 11.8 Å². The number of nitrogens with one attached hydrogen (secondary N) is 1. The molecule has 1 N–H and O–H groups in total. The summed E-state index contributed by atoms with van der Waals surface area (Å²) in [5, 5.41) is 8.19. The molecule has 1 aromatic carbocycles. The lowest BCUT2D eigenvalue weighted by Gasteiger charge is -2.35. The second-order valence-corrected chi connectivity index (χ2v) is 5.46. The zero-order valence-electron chi connectivity index (χ0n) is 12.3. The van der Waals surface area contributed by atoms with Gasteiger partial charge in [-0.1, -0.05) is 18.2 Å². The number of piperazine rings is 1. The Kier molecular flexibility index (Phi) is 3.16. The van der Waals surface area contributed by atoms with Gasteiger partial charge < -0.3 is 10.2 Å². The van der Waals surface area contributed by atoms with Gasteiger partial charge in [0.2, 0.25) is 11.8 Å². The van der Waals surface area contributed by atoms with Crippen LogP contribution >= 0.6 is 0 Å². The minimum atomic E-state index is -0.483. The van der Waals surface area contributed by atoms with Gasteiger partial charge in [0.05, 0.1) is 17.8 Å². The summed E-state index contributed by atoms with van der Waals surface area (Å²) in [5.74, 6) is -0.195. The molecule has 0 saturated carbocycles. The van der Waals surface area contributed by atoms with Gasteiger partial charge in [0, 0.05) is 12.4 Å². The van der Waals surface area contributed by atoms with E-state index >= 15 is 0 Å². The first-order valence-electron chi connectivity index (χ1n) is 7.00. The molecular weight excluding hydrogens is 268 g/mol. The van der Waals surface area contributed by atoms with E-state index in [0.717, 1.165) is 16.6 Å². The van der Waals surface area contributed by atoms with Gasteiger partial charge in [-0.3, -0.25) is 14.3 Å². The molecule has 6 nitrogen and oxygen atoms in total. The number of aryl methyl sites for hydroxylation is 1. The summed E-state index contributed by atoms with van der Waals surface area (Å²) >= 11 is 0. The fraction of sp³-hybridized carbons (Fsp3) is 0.400. The van der Waals surface area contributed by atoms with Crippen LogP contribution in [-0.2, 0) is 23.2 Å². The van der Waals surface area contributed by atoms with Crippen molar-refractivity contribution >= 4 is 22.7 Å². The second-order valence-electron chi connectivity index (χ2n) is 5.46. The molecule has 1 fully saturated rings. The monoisotopic (exact) mass is 286 g/mol. The molecule has 110 valence electrons. The molecule has 2 atom stereocenters. The van der Waals surface area contributed by atoms with Crippen LogP contribution in [0, 0.1) is 0 Å². The van der Waals surface area contributed by atoms with Crippen molar-refractivity contribution in [3.05, 3.63) is 30.0 Å². The van der Waals surface area contributed by atoms with Crippen molar-refractivity contribution in [2.75, 3.05) is 0 Å². The maximum Gasteiger partial charge on any atom is 0.245 e. The Labute approximate surface area is 122 Å². The van der Waals surface area contributed by atoms with Crippen LogP contribution in [0.15, 0.2) is 24.3 Å². The Balaban J connectivity index is 1.97. The average molecular weight is 286 g/mol. The highest BCUT2D eigenvalue weighted by atomic mass is 16.2. The van der Waals surface area contributed by atoms with Crippen molar-refractivity contribution in [2.45, 2.75) is 32.5 Å². The predicted octanol–water partition coefficient (Wildman–Crippen LogP) is 0.809. The predicted molar refractivity (Wildman–Crippen MR) is 78.3 cm³/mol. The lowest BCUT2D eigenvalue weighted by Crippen LogP contribution is -2.61. The van der Waals surface area contributed by atoms with Gasteiger partial charge in [-0.15, -0.1) is 0 Å². The summed E-state index contributed by atoms with van der Waals surface area (Å²) in [6.07, 6.45) is 0. The zero-order valence-corrected chi connectivity index (χ0v) is 12.3. The number of carbonyl (C=O) groups is 2. The molecule has 1 aliphatic heterocycles. The summed E-state index contributed by atoms with van der Waals surface area (Å²) in [6, 6.07) is 6.92. The van der Waals surface area contributed by atoms with Crippen LogP contribution in [0.4, 0.5) is 0 Å². The van der Waals surface area contributed by atoms with Gasteiger partial charge in [-0.05, 0) is 19.9 Å². The molecule has 0 spiro atoms. The topological polar surface area (TPSA) is 67.2 Å². The molecule has 1 saturated heterocycles. The van der Waals surface area contributed by atoms with Gasteiger partial charge in [0.1, 0.15) is 12.1 Å². The fourth-order valence-corrected chi connectivity index (χ4v) is 2.76. The highest BCUT2D eigenvalue weighted by Gasteiger charge is 2.36. The highest BCUT2D eigenvalue weighted by Crippen LogP contribution is 2.21. The van der Waals surface area contributed by atoms with Crippen LogP contribution in [0.3, 0.4) is 0 Å². The Bertz CT molecular complexity index is 722. The van der Waals surface area contributed by atoms with E-state index in [4.69, 9.17) is 0 Å². The zero-order chi connectivity index (χ0) is 15.1. The van der Waals surface area contributed by atoms with Crippen molar-refractivity contribution in [3.8, 4) is 0 Å². The van der Waals surface area contributed by atoms with Crippen LogP contribution in [0.1, 0.15) is 19.5 Å². The molecule has 3 rings (SSSR count). The van der Waals surface area contributed by atoms with Crippen LogP contribution in [0.5, 0.6) is 0 Å². The molecule has 2 heterocycles. The number of carbonyl (C=O) groups excluding carboxylic acids is 2. The number of benzene rings is 1. The lowest BCUT2D eigenvalue weighted by atomic mass is 10.1. The standard InChI is InChI=1S/C15H18N4O2/c1-9-15(21)19(10(2)14(20)16-9)8-12-11-6-4-5-7-13(11)18(3)17-12/h4-7,9-10H,8H2,1-3H3,(H,16,20). The maximum atomic E-state index is 12.3. The molecule has 6 heteroatoms. The Morgan fingerprint density at radius 3 is 2.71 bits per heavy atom. The second kappa shape index (κ2) is 4.87. The molecule has 0 bridgehead atoms. The summed E-state index contributed by atoms with van der Waals surface area (Å²) in [5.41, 5.74) is 1.83.